The van der Waals surface area contributed by atoms with Gasteiger partial charge in [-0.3, -0.25) is 9.59 Å². The molecule has 0 saturated heterocycles. The van der Waals surface area contributed by atoms with Crippen LogP contribution < -0.4 is 16.0 Å². The minimum Gasteiger partial charge on any atom is -0.357 e. The normalized spacial score (nSPS) is 16.5. The predicted octanol–water partition coefficient (Wildman–Crippen LogP) is 3.37. The van der Waals surface area contributed by atoms with E-state index in [0.717, 1.165) is 49.9 Å². The molecular weight excluding hydrogens is 390 g/mol. The van der Waals surface area contributed by atoms with Crippen molar-refractivity contribution in [1.29, 1.82) is 0 Å². The lowest BCUT2D eigenvalue weighted by Crippen LogP contribution is -2.49. The monoisotopic (exact) mass is 429 g/mol. The summed E-state index contributed by atoms with van der Waals surface area (Å²) in [5, 5.41) is 9.65. The molecule has 7 nitrogen and oxygen atoms in total. The van der Waals surface area contributed by atoms with E-state index in [2.05, 4.69) is 16.0 Å². The van der Waals surface area contributed by atoms with E-state index in [-0.39, 0.29) is 23.1 Å². The third kappa shape index (κ3) is 6.97. The second-order valence-electron chi connectivity index (χ2n) is 8.73. The predicted molar refractivity (Wildman–Crippen MR) is 127 cm³/mol. The van der Waals surface area contributed by atoms with Crippen LogP contribution in [0.15, 0.2) is 29.3 Å². The van der Waals surface area contributed by atoms with E-state index in [9.17, 15) is 9.59 Å². The number of nitrogens with zero attached hydrogens (tertiary/aromatic N) is 2. The zero-order valence-electron chi connectivity index (χ0n) is 19.8. The molecule has 1 aromatic carbocycles. The SMILES string of the molecule is CCNC(=NCc1cccc(NC(=O)C(C)CC)c1)NCC1(C(=O)N(C)C)CCCC1. The highest BCUT2D eigenvalue weighted by molar-refractivity contribution is 5.92. The van der Waals surface area contributed by atoms with Crippen molar-refractivity contribution in [2.24, 2.45) is 16.3 Å². The zero-order chi connectivity index (χ0) is 22.9. The van der Waals surface area contributed by atoms with E-state index in [1.807, 2.05) is 59.1 Å². The van der Waals surface area contributed by atoms with Crippen LogP contribution in [0.25, 0.3) is 0 Å². The molecule has 0 radical (unpaired) electrons. The highest BCUT2D eigenvalue weighted by Gasteiger charge is 2.42. The van der Waals surface area contributed by atoms with Crippen LogP contribution in [0.3, 0.4) is 0 Å². The Hall–Kier alpha value is -2.57. The van der Waals surface area contributed by atoms with Crippen molar-refractivity contribution in [1.82, 2.24) is 15.5 Å². The van der Waals surface area contributed by atoms with Crippen LogP contribution in [0.4, 0.5) is 5.69 Å². The van der Waals surface area contributed by atoms with Gasteiger partial charge in [-0.15, -0.1) is 0 Å². The number of benzene rings is 1. The minimum atomic E-state index is -0.347. The van der Waals surface area contributed by atoms with Crippen molar-refractivity contribution in [2.75, 3.05) is 32.5 Å². The summed E-state index contributed by atoms with van der Waals surface area (Å²) in [5.41, 5.74) is 1.46. The van der Waals surface area contributed by atoms with Crippen molar-refractivity contribution in [3.05, 3.63) is 29.8 Å². The second-order valence-corrected chi connectivity index (χ2v) is 8.73. The smallest absolute Gasteiger partial charge is 0.230 e. The van der Waals surface area contributed by atoms with Gasteiger partial charge < -0.3 is 20.9 Å². The Morgan fingerprint density at radius 2 is 1.87 bits per heavy atom. The maximum Gasteiger partial charge on any atom is 0.230 e. The Kier molecular flexibility index (Phi) is 9.34. The van der Waals surface area contributed by atoms with Gasteiger partial charge in [-0.25, -0.2) is 4.99 Å². The maximum atomic E-state index is 12.8. The van der Waals surface area contributed by atoms with Crippen molar-refractivity contribution in [3.63, 3.8) is 0 Å². The summed E-state index contributed by atoms with van der Waals surface area (Å²) in [6.07, 6.45) is 4.81. The summed E-state index contributed by atoms with van der Waals surface area (Å²) in [6.45, 7) is 7.77. The van der Waals surface area contributed by atoms with E-state index in [1.165, 1.54) is 0 Å². The average molecular weight is 430 g/mol. The number of carbonyl (C=O) groups excluding carboxylic acids is 2. The minimum absolute atomic E-state index is 0.0148. The molecule has 0 heterocycles. The molecule has 1 saturated carbocycles. The van der Waals surface area contributed by atoms with Gasteiger partial charge >= 0.3 is 0 Å². The summed E-state index contributed by atoms with van der Waals surface area (Å²) < 4.78 is 0. The number of rotatable bonds is 9. The number of hydrogen-bond acceptors (Lipinski definition) is 3. The number of guanidine groups is 1. The first-order valence-electron chi connectivity index (χ1n) is 11.4. The second kappa shape index (κ2) is 11.7. The fraction of sp³-hybridized carbons (Fsp3) is 0.625. The van der Waals surface area contributed by atoms with E-state index in [0.29, 0.717) is 19.0 Å². The number of amides is 2. The van der Waals surface area contributed by atoms with Crippen molar-refractivity contribution < 1.29 is 9.59 Å². The van der Waals surface area contributed by atoms with E-state index in [1.54, 1.807) is 4.90 Å². The summed E-state index contributed by atoms with van der Waals surface area (Å²) in [4.78, 5) is 31.4. The lowest BCUT2D eigenvalue weighted by Gasteiger charge is -2.31. The molecule has 172 valence electrons. The molecule has 2 rings (SSSR count). The van der Waals surface area contributed by atoms with Gasteiger partial charge in [0.2, 0.25) is 11.8 Å². The summed E-state index contributed by atoms with van der Waals surface area (Å²) in [6, 6.07) is 7.79. The highest BCUT2D eigenvalue weighted by atomic mass is 16.2. The third-order valence-corrected chi connectivity index (χ3v) is 6.03. The van der Waals surface area contributed by atoms with Gasteiger partial charge in [-0.2, -0.15) is 0 Å². The number of aliphatic imine (C=N–C) groups is 1. The number of carbonyl (C=O) groups is 2. The van der Waals surface area contributed by atoms with Gasteiger partial charge in [0, 0.05) is 38.8 Å². The number of anilines is 1. The zero-order valence-corrected chi connectivity index (χ0v) is 19.8. The fourth-order valence-corrected chi connectivity index (χ4v) is 3.96. The summed E-state index contributed by atoms with van der Waals surface area (Å²) >= 11 is 0. The Labute approximate surface area is 187 Å². The molecule has 1 fully saturated rings. The lowest BCUT2D eigenvalue weighted by atomic mass is 9.84. The van der Waals surface area contributed by atoms with Gasteiger partial charge in [0.25, 0.3) is 0 Å². The van der Waals surface area contributed by atoms with Crippen LogP contribution in [-0.4, -0.2) is 49.9 Å². The fourth-order valence-electron chi connectivity index (χ4n) is 3.96. The quantitative estimate of drug-likeness (QED) is 0.415. The Bertz CT molecular complexity index is 769. The topological polar surface area (TPSA) is 85.8 Å². The standard InChI is InChI=1S/C24H39N5O2/c1-6-18(3)21(30)28-20-12-10-11-19(15-20)16-26-23(25-7-2)27-17-24(13-8-9-14-24)22(31)29(4)5/h10-12,15,18H,6-9,13-14,16-17H2,1-5H3,(H,28,30)(H2,25,26,27). The van der Waals surface area contributed by atoms with Crippen LogP contribution in [0.5, 0.6) is 0 Å². The van der Waals surface area contributed by atoms with Crippen molar-refractivity contribution >= 4 is 23.5 Å². The Balaban J connectivity index is 2.05. The van der Waals surface area contributed by atoms with E-state index in [4.69, 9.17) is 4.99 Å². The molecule has 0 bridgehead atoms. The molecular formula is C24H39N5O2. The molecule has 0 aliphatic heterocycles. The number of hydrogen-bond donors (Lipinski definition) is 3. The van der Waals surface area contributed by atoms with Crippen LogP contribution in [-0.2, 0) is 16.1 Å². The summed E-state index contributed by atoms with van der Waals surface area (Å²) in [5.74, 6) is 0.914. The first-order chi connectivity index (χ1) is 14.8. The van der Waals surface area contributed by atoms with Gasteiger partial charge in [-0.05, 0) is 43.9 Å². The van der Waals surface area contributed by atoms with Gasteiger partial charge in [0.05, 0.1) is 12.0 Å². The van der Waals surface area contributed by atoms with Crippen LogP contribution in [0, 0.1) is 11.3 Å². The molecule has 2 amide bonds. The highest BCUT2D eigenvalue weighted by Crippen LogP contribution is 2.38. The Morgan fingerprint density at radius 1 is 1.16 bits per heavy atom. The van der Waals surface area contributed by atoms with Crippen molar-refractivity contribution in [3.8, 4) is 0 Å². The van der Waals surface area contributed by atoms with E-state index >= 15 is 0 Å². The molecule has 1 atom stereocenters. The molecule has 3 N–H and O–H groups in total. The maximum absolute atomic E-state index is 12.8. The summed E-state index contributed by atoms with van der Waals surface area (Å²) in [7, 11) is 3.66. The molecule has 0 aromatic heterocycles. The molecule has 1 aliphatic carbocycles. The van der Waals surface area contributed by atoms with Crippen LogP contribution in [0.2, 0.25) is 0 Å². The Morgan fingerprint density at radius 3 is 2.48 bits per heavy atom. The molecule has 0 spiro atoms. The first kappa shape index (κ1) is 24.7. The molecule has 1 aromatic rings. The van der Waals surface area contributed by atoms with Gasteiger partial charge in [-0.1, -0.05) is 38.8 Å². The van der Waals surface area contributed by atoms with Crippen LogP contribution in [0.1, 0.15) is 58.4 Å². The lowest BCUT2D eigenvalue weighted by molar-refractivity contribution is -0.138. The molecule has 31 heavy (non-hydrogen) atoms. The van der Waals surface area contributed by atoms with Crippen LogP contribution >= 0.6 is 0 Å². The van der Waals surface area contributed by atoms with Gasteiger partial charge in [0.1, 0.15) is 0 Å². The third-order valence-electron chi connectivity index (χ3n) is 6.03. The molecule has 1 aliphatic rings. The average Bonchev–Trinajstić information content (AvgIpc) is 3.24. The molecule has 7 heteroatoms. The largest absolute Gasteiger partial charge is 0.357 e. The van der Waals surface area contributed by atoms with E-state index < -0.39 is 0 Å². The number of nitrogens with one attached hydrogen (secondary N) is 3. The van der Waals surface area contributed by atoms with Crippen molar-refractivity contribution in [2.45, 2.75) is 59.4 Å². The molecule has 1 unspecified atom stereocenters. The first-order valence-corrected chi connectivity index (χ1v) is 11.4. The van der Waals surface area contributed by atoms with Gasteiger partial charge in [0.15, 0.2) is 5.96 Å².